The maximum atomic E-state index is 11.6. The van der Waals surface area contributed by atoms with E-state index in [4.69, 9.17) is 4.74 Å². The van der Waals surface area contributed by atoms with Gasteiger partial charge in [-0.3, -0.25) is 0 Å². The largest absolute Gasteiger partial charge is 0.376 e. The van der Waals surface area contributed by atoms with Gasteiger partial charge >= 0.3 is 0 Å². The van der Waals surface area contributed by atoms with E-state index in [0.29, 0.717) is 12.6 Å². The smallest absolute Gasteiger partial charge is 0.261 e. The number of halogens is 2. The van der Waals surface area contributed by atoms with Crippen LogP contribution in [0.3, 0.4) is 0 Å². The lowest BCUT2D eigenvalue weighted by molar-refractivity contribution is 0.0158. The molecule has 0 bridgehead atoms. The van der Waals surface area contributed by atoms with Gasteiger partial charge < -0.3 is 10.1 Å². The van der Waals surface area contributed by atoms with E-state index in [9.17, 15) is 8.78 Å². The molecule has 1 fully saturated rings. The van der Waals surface area contributed by atoms with E-state index in [1.165, 1.54) is 12.8 Å². The molecule has 0 aromatic heterocycles. The number of rotatable bonds is 6. The number of hydrogen-bond donors (Lipinski definition) is 1. The maximum absolute atomic E-state index is 11.6. The summed E-state index contributed by atoms with van der Waals surface area (Å²) in [5.41, 5.74) is 0. The second-order valence-electron chi connectivity index (χ2n) is 3.40. The van der Waals surface area contributed by atoms with Crippen LogP contribution in [0.4, 0.5) is 8.78 Å². The fourth-order valence-corrected chi connectivity index (χ4v) is 1.61. The first kappa shape index (κ1) is 10.9. The van der Waals surface area contributed by atoms with Gasteiger partial charge in [-0.2, -0.15) is 0 Å². The molecule has 0 radical (unpaired) electrons. The predicted molar refractivity (Wildman–Crippen MR) is 47.1 cm³/mol. The molecule has 1 aliphatic heterocycles. The second kappa shape index (κ2) is 6.27. The first-order valence-electron chi connectivity index (χ1n) is 4.88. The maximum Gasteiger partial charge on any atom is 0.261 e. The van der Waals surface area contributed by atoms with Crippen molar-refractivity contribution in [3.05, 3.63) is 0 Å². The summed E-state index contributed by atoms with van der Waals surface area (Å²) in [7, 11) is 0. The third-order valence-corrected chi connectivity index (χ3v) is 2.25. The van der Waals surface area contributed by atoms with Crippen LogP contribution in [0.25, 0.3) is 0 Å². The fraction of sp³-hybridized carbons (Fsp3) is 1.00. The Bertz CT molecular complexity index is 127. The van der Waals surface area contributed by atoms with Crippen LogP contribution in [-0.2, 0) is 4.74 Å². The molecule has 0 aromatic rings. The predicted octanol–water partition coefficient (Wildman–Crippen LogP) is 1.80. The number of ether oxygens (including phenoxy) is 1. The first-order valence-corrected chi connectivity index (χ1v) is 4.88. The van der Waals surface area contributed by atoms with Gasteiger partial charge in [-0.1, -0.05) is 0 Å². The highest BCUT2D eigenvalue weighted by atomic mass is 19.3. The zero-order valence-corrected chi connectivity index (χ0v) is 7.77. The molecular weight excluding hydrogens is 176 g/mol. The number of hydrogen-bond acceptors (Lipinski definition) is 2. The minimum Gasteiger partial charge on any atom is -0.376 e. The van der Waals surface area contributed by atoms with Crippen molar-refractivity contribution in [2.24, 2.45) is 0 Å². The van der Waals surface area contributed by atoms with Crippen LogP contribution >= 0.6 is 0 Å². The third kappa shape index (κ3) is 5.16. The molecule has 0 spiro atoms. The molecule has 0 saturated carbocycles. The summed E-state index contributed by atoms with van der Waals surface area (Å²) >= 11 is 0. The van der Waals surface area contributed by atoms with Gasteiger partial charge in [-0.15, -0.1) is 0 Å². The Hall–Kier alpha value is -0.220. The summed E-state index contributed by atoms with van der Waals surface area (Å²) < 4.78 is 28.0. The van der Waals surface area contributed by atoms with E-state index >= 15 is 0 Å². The van der Waals surface area contributed by atoms with Gasteiger partial charge in [-0.05, 0) is 32.2 Å². The Morgan fingerprint density at radius 2 is 2.31 bits per heavy atom. The zero-order chi connectivity index (χ0) is 9.52. The van der Waals surface area contributed by atoms with Crippen molar-refractivity contribution in [3.63, 3.8) is 0 Å². The molecule has 1 aliphatic rings. The van der Waals surface area contributed by atoms with Crippen molar-refractivity contribution in [2.45, 2.75) is 38.2 Å². The van der Waals surface area contributed by atoms with Crippen molar-refractivity contribution in [1.29, 1.82) is 0 Å². The van der Waals surface area contributed by atoms with Crippen LogP contribution in [0.1, 0.15) is 25.7 Å². The Labute approximate surface area is 77.6 Å². The van der Waals surface area contributed by atoms with Crippen molar-refractivity contribution in [3.8, 4) is 0 Å². The zero-order valence-electron chi connectivity index (χ0n) is 7.77. The molecule has 0 aromatic carbocycles. The minimum atomic E-state index is -2.33. The van der Waals surface area contributed by atoms with Crippen molar-refractivity contribution >= 4 is 0 Å². The monoisotopic (exact) mass is 193 g/mol. The van der Waals surface area contributed by atoms with Gasteiger partial charge in [-0.25, -0.2) is 8.78 Å². The average molecular weight is 193 g/mol. The van der Waals surface area contributed by atoms with Gasteiger partial charge in [0.1, 0.15) is 6.61 Å². The third-order valence-electron chi connectivity index (χ3n) is 2.25. The molecule has 1 unspecified atom stereocenters. The molecule has 13 heavy (non-hydrogen) atoms. The Morgan fingerprint density at radius 3 is 2.92 bits per heavy atom. The summed E-state index contributed by atoms with van der Waals surface area (Å²) in [6.45, 7) is 1.14. The van der Waals surface area contributed by atoms with Gasteiger partial charge in [0.15, 0.2) is 0 Å². The van der Waals surface area contributed by atoms with Crippen LogP contribution in [0.15, 0.2) is 0 Å². The lowest BCUT2D eigenvalue weighted by Gasteiger charge is -2.09. The Morgan fingerprint density at radius 1 is 1.46 bits per heavy atom. The summed E-state index contributed by atoms with van der Waals surface area (Å²) in [5, 5.41) is 3.35. The molecule has 1 rings (SSSR count). The molecule has 0 amide bonds. The van der Waals surface area contributed by atoms with E-state index < -0.39 is 13.0 Å². The first-order chi connectivity index (χ1) is 6.29. The molecule has 1 saturated heterocycles. The summed E-state index contributed by atoms with van der Waals surface area (Å²) in [6, 6.07) is 0.593. The molecule has 0 aliphatic carbocycles. The molecular formula is C9H17F2NO. The lowest BCUT2D eigenvalue weighted by atomic mass is 10.1. The van der Waals surface area contributed by atoms with Crippen LogP contribution in [-0.4, -0.2) is 32.2 Å². The van der Waals surface area contributed by atoms with Gasteiger partial charge in [0.2, 0.25) is 0 Å². The van der Waals surface area contributed by atoms with Crippen molar-refractivity contribution < 1.29 is 13.5 Å². The van der Waals surface area contributed by atoms with Crippen LogP contribution in [0.2, 0.25) is 0 Å². The van der Waals surface area contributed by atoms with E-state index in [1.807, 2.05) is 0 Å². The van der Waals surface area contributed by atoms with Crippen LogP contribution < -0.4 is 5.32 Å². The molecule has 1 atom stereocenters. The Kier molecular flexibility index (Phi) is 5.23. The van der Waals surface area contributed by atoms with E-state index in [0.717, 1.165) is 19.4 Å². The number of alkyl halides is 2. The van der Waals surface area contributed by atoms with Gasteiger partial charge in [0, 0.05) is 12.6 Å². The number of nitrogens with one attached hydrogen (secondary N) is 1. The lowest BCUT2D eigenvalue weighted by Crippen LogP contribution is -2.21. The second-order valence-corrected chi connectivity index (χ2v) is 3.40. The van der Waals surface area contributed by atoms with Gasteiger partial charge in [0.25, 0.3) is 6.43 Å². The van der Waals surface area contributed by atoms with E-state index in [2.05, 4.69) is 5.32 Å². The van der Waals surface area contributed by atoms with Gasteiger partial charge in [0.05, 0.1) is 0 Å². The van der Waals surface area contributed by atoms with Crippen LogP contribution in [0, 0.1) is 0 Å². The Balaban J connectivity index is 1.83. The van der Waals surface area contributed by atoms with E-state index in [-0.39, 0.29) is 0 Å². The normalized spacial score (nSPS) is 22.8. The average Bonchev–Trinajstić information content (AvgIpc) is 2.55. The topological polar surface area (TPSA) is 21.3 Å². The molecule has 78 valence electrons. The summed E-state index contributed by atoms with van der Waals surface area (Å²) in [4.78, 5) is 0. The molecule has 1 heterocycles. The standard InChI is InChI=1S/C9H17F2NO/c10-9(11)7-13-6-2-4-8-3-1-5-12-8/h8-9,12H,1-7H2. The molecule has 1 N–H and O–H groups in total. The quantitative estimate of drug-likeness (QED) is 0.649. The molecule has 4 heteroatoms. The van der Waals surface area contributed by atoms with E-state index in [1.54, 1.807) is 0 Å². The SMILES string of the molecule is FC(F)COCCCC1CCCN1. The van der Waals surface area contributed by atoms with Crippen molar-refractivity contribution in [1.82, 2.24) is 5.32 Å². The minimum absolute atomic E-state index is 0.419. The summed E-state index contributed by atoms with van der Waals surface area (Å²) in [6.07, 6.45) is 2.05. The van der Waals surface area contributed by atoms with Crippen LogP contribution in [0.5, 0.6) is 0 Å². The highest BCUT2D eigenvalue weighted by Gasteiger charge is 2.12. The summed E-state index contributed by atoms with van der Waals surface area (Å²) in [5.74, 6) is 0. The fourth-order valence-electron chi connectivity index (χ4n) is 1.61. The highest BCUT2D eigenvalue weighted by molar-refractivity contribution is 4.73. The highest BCUT2D eigenvalue weighted by Crippen LogP contribution is 2.10. The van der Waals surface area contributed by atoms with Crippen molar-refractivity contribution in [2.75, 3.05) is 19.8 Å². The molecule has 2 nitrogen and oxygen atoms in total.